The third-order valence-corrected chi connectivity index (χ3v) is 3.60. The van der Waals surface area contributed by atoms with Gasteiger partial charge in [0.05, 0.1) is 6.10 Å². The monoisotopic (exact) mass is 290 g/mol. The van der Waals surface area contributed by atoms with Crippen molar-refractivity contribution in [2.45, 2.75) is 45.4 Å². The van der Waals surface area contributed by atoms with Gasteiger partial charge in [-0.2, -0.15) is 0 Å². The number of rotatable bonds is 6. The first-order valence-corrected chi connectivity index (χ1v) is 7.29. The quantitative estimate of drug-likeness (QED) is 0.728. The normalized spacial score (nSPS) is 16.9. The maximum Gasteiger partial charge on any atom is 0.245 e. The Morgan fingerprint density at radius 2 is 1.90 bits per heavy atom. The van der Waals surface area contributed by atoms with E-state index in [2.05, 4.69) is 10.6 Å². The number of carbonyl (C=O) groups is 2. The van der Waals surface area contributed by atoms with Gasteiger partial charge < -0.3 is 15.7 Å². The smallest absolute Gasteiger partial charge is 0.245 e. The molecular formula is C16H22N2O3. The van der Waals surface area contributed by atoms with Crippen LogP contribution in [0.15, 0.2) is 24.3 Å². The molecule has 0 spiro atoms. The van der Waals surface area contributed by atoms with E-state index in [1.807, 2.05) is 31.2 Å². The molecular weight excluding hydrogens is 268 g/mol. The first-order valence-electron chi connectivity index (χ1n) is 7.29. The Morgan fingerprint density at radius 1 is 1.29 bits per heavy atom. The Bertz CT molecular complexity index is 507. The molecule has 2 unspecified atom stereocenters. The predicted molar refractivity (Wildman–Crippen MR) is 79.4 cm³/mol. The molecule has 0 saturated heterocycles. The van der Waals surface area contributed by atoms with Crippen LogP contribution in [0.4, 0.5) is 0 Å². The summed E-state index contributed by atoms with van der Waals surface area (Å²) in [6.07, 6.45) is 0.804. The van der Waals surface area contributed by atoms with Gasteiger partial charge in [-0.05, 0) is 32.3 Å². The second-order valence-electron chi connectivity index (χ2n) is 5.70. The average Bonchev–Trinajstić information content (AvgIpc) is 3.27. The van der Waals surface area contributed by atoms with E-state index in [9.17, 15) is 14.7 Å². The molecule has 1 aliphatic carbocycles. The molecule has 0 heterocycles. The van der Waals surface area contributed by atoms with E-state index in [0.717, 1.165) is 24.0 Å². The van der Waals surface area contributed by atoms with Crippen molar-refractivity contribution in [3.05, 3.63) is 35.4 Å². The zero-order chi connectivity index (χ0) is 15.4. The Balaban J connectivity index is 1.88. The van der Waals surface area contributed by atoms with Gasteiger partial charge in [-0.15, -0.1) is 0 Å². The van der Waals surface area contributed by atoms with Crippen molar-refractivity contribution in [3.63, 3.8) is 0 Å². The van der Waals surface area contributed by atoms with Crippen LogP contribution in [0.1, 0.15) is 30.9 Å². The minimum Gasteiger partial charge on any atom is -0.391 e. The topological polar surface area (TPSA) is 78.4 Å². The molecule has 2 amide bonds. The molecule has 2 rings (SSSR count). The van der Waals surface area contributed by atoms with Crippen LogP contribution in [0, 0.1) is 12.8 Å². The van der Waals surface area contributed by atoms with Crippen LogP contribution in [0.5, 0.6) is 0 Å². The lowest BCUT2D eigenvalue weighted by Gasteiger charge is -2.21. The standard InChI is InChI=1S/C16H22N2O3/c1-10-3-5-12(6-4-10)9-17-16(21)14(11(2)19)18-15(20)13-7-8-13/h3-6,11,13-14,19H,7-9H2,1-2H3,(H,17,21)(H,18,20). The summed E-state index contributed by atoms with van der Waals surface area (Å²) in [5.74, 6) is -0.498. The van der Waals surface area contributed by atoms with Crippen LogP contribution in [-0.2, 0) is 16.1 Å². The van der Waals surface area contributed by atoms with Crippen molar-refractivity contribution in [1.29, 1.82) is 0 Å². The maximum absolute atomic E-state index is 12.1. The lowest BCUT2D eigenvalue weighted by molar-refractivity contribution is -0.132. The number of hydrogen-bond donors (Lipinski definition) is 3. The van der Waals surface area contributed by atoms with Crippen LogP contribution >= 0.6 is 0 Å². The molecule has 0 radical (unpaired) electrons. The SMILES string of the molecule is Cc1ccc(CNC(=O)C(NC(=O)C2CC2)C(C)O)cc1. The average molecular weight is 290 g/mol. The second kappa shape index (κ2) is 6.72. The van der Waals surface area contributed by atoms with Crippen LogP contribution in [-0.4, -0.2) is 29.1 Å². The molecule has 1 fully saturated rings. The number of aryl methyl sites for hydroxylation is 1. The fraction of sp³-hybridized carbons (Fsp3) is 0.500. The molecule has 2 atom stereocenters. The van der Waals surface area contributed by atoms with Crippen LogP contribution in [0.3, 0.4) is 0 Å². The number of carbonyl (C=O) groups excluding carboxylic acids is 2. The molecule has 0 aromatic heterocycles. The summed E-state index contributed by atoms with van der Waals surface area (Å²) in [5, 5.41) is 15.1. The summed E-state index contributed by atoms with van der Waals surface area (Å²) in [6.45, 7) is 3.88. The van der Waals surface area contributed by atoms with E-state index >= 15 is 0 Å². The summed E-state index contributed by atoms with van der Waals surface area (Å²) >= 11 is 0. The van der Waals surface area contributed by atoms with Gasteiger partial charge in [0.25, 0.3) is 0 Å². The van der Waals surface area contributed by atoms with E-state index < -0.39 is 12.1 Å². The van der Waals surface area contributed by atoms with Crippen molar-refractivity contribution >= 4 is 11.8 Å². The third kappa shape index (κ3) is 4.56. The minimum absolute atomic E-state index is 0.0103. The largest absolute Gasteiger partial charge is 0.391 e. The van der Waals surface area contributed by atoms with Gasteiger partial charge in [0.2, 0.25) is 11.8 Å². The highest BCUT2D eigenvalue weighted by atomic mass is 16.3. The van der Waals surface area contributed by atoms with Crippen molar-refractivity contribution < 1.29 is 14.7 Å². The molecule has 3 N–H and O–H groups in total. The highest BCUT2D eigenvalue weighted by Gasteiger charge is 2.34. The highest BCUT2D eigenvalue weighted by molar-refractivity contribution is 5.89. The summed E-state index contributed by atoms with van der Waals surface area (Å²) < 4.78 is 0. The molecule has 0 bridgehead atoms. The van der Waals surface area contributed by atoms with E-state index in [0.29, 0.717) is 6.54 Å². The molecule has 1 aliphatic rings. The number of aliphatic hydroxyl groups excluding tert-OH is 1. The summed E-state index contributed by atoms with van der Waals surface area (Å²) in [5.41, 5.74) is 2.13. The van der Waals surface area contributed by atoms with Gasteiger partial charge >= 0.3 is 0 Å². The van der Waals surface area contributed by atoms with Crippen molar-refractivity contribution in [3.8, 4) is 0 Å². The van der Waals surface area contributed by atoms with E-state index in [-0.39, 0.29) is 17.7 Å². The zero-order valence-electron chi connectivity index (χ0n) is 12.4. The number of hydrogen-bond acceptors (Lipinski definition) is 3. The minimum atomic E-state index is -0.925. The second-order valence-corrected chi connectivity index (χ2v) is 5.70. The van der Waals surface area contributed by atoms with Gasteiger partial charge in [-0.3, -0.25) is 9.59 Å². The lowest BCUT2D eigenvalue weighted by atomic mass is 10.1. The van der Waals surface area contributed by atoms with E-state index in [1.54, 1.807) is 0 Å². The molecule has 5 nitrogen and oxygen atoms in total. The zero-order valence-corrected chi connectivity index (χ0v) is 12.4. The first kappa shape index (κ1) is 15.5. The molecule has 1 aromatic rings. The van der Waals surface area contributed by atoms with Gasteiger partial charge in [0, 0.05) is 12.5 Å². The number of aliphatic hydroxyl groups is 1. The first-order chi connectivity index (χ1) is 9.97. The van der Waals surface area contributed by atoms with E-state index in [4.69, 9.17) is 0 Å². The van der Waals surface area contributed by atoms with Gasteiger partial charge in [-0.1, -0.05) is 29.8 Å². The van der Waals surface area contributed by atoms with Crippen LogP contribution < -0.4 is 10.6 Å². The van der Waals surface area contributed by atoms with Crippen molar-refractivity contribution in [1.82, 2.24) is 10.6 Å². The lowest BCUT2D eigenvalue weighted by Crippen LogP contribution is -2.52. The van der Waals surface area contributed by atoms with Gasteiger partial charge in [0.15, 0.2) is 0 Å². The molecule has 0 aliphatic heterocycles. The Labute approximate surface area is 124 Å². The van der Waals surface area contributed by atoms with Gasteiger partial charge in [-0.25, -0.2) is 0 Å². The molecule has 21 heavy (non-hydrogen) atoms. The van der Waals surface area contributed by atoms with Gasteiger partial charge in [0.1, 0.15) is 6.04 Å². The molecule has 1 aromatic carbocycles. The number of amides is 2. The fourth-order valence-electron chi connectivity index (χ4n) is 2.03. The van der Waals surface area contributed by atoms with E-state index in [1.165, 1.54) is 6.92 Å². The summed E-state index contributed by atoms with van der Waals surface area (Å²) in [7, 11) is 0. The predicted octanol–water partition coefficient (Wildman–Crippen LogP) is 0.887. The highest BCUT2D eigenvalue weighted by Crippen LogP contribution is 2.28. The summed E-state index contributed by atoms with van der Waals surface area (Å²) in [6, 6.07) is 6.93. The Hall–Kier alpha value is -1.88. The molecule has 114 valence electrons. The van der Waals surface area contributed by atoms with Crippen LogP contribution in [0.2, 0.25) is 0 Å². The Morgan fingerprint density at radius 3 is 2.43 bits per heavy atom. The fourth-order valence-corrected chi connectivity index (χ4v) is 2.03. The molecule has 5 heteroatoms. The van der Waals surface area contributed by atoms with Crippen LogP contribution in [0.25, 0.3) is 0 Å². The Kier molecular flexibility index (Phi) is 4.96. The van der Waals surface area contributed by atoms with Crippen molar-refractivity contribution in [2.75, 3.05) is 0 Å². The number of benzene rings is 1. The number of nitrogens with one attached hydrogen (secondary N) is 2. The van der Waals surface area contributed by atoms with Crippen molar-refractivity contribution in [2.24, 2.45) is 5.92 Å². The maximum atomic E-state index is 12.1. The molecule has 1 saturated carbocycles. The summed E-state index contributed by atoms with van der Waals surface area (Å²) in [4.78, 5) is 23.9. The third-order valence-electron chi connectivity index (χ3n) is 3.60.